The van der Waals surface area contributed by atoms with E-state index in [0.717, 1.165) is 12.1 Å². The van der Waals surface area contributed by atoms with Crippen molar-refractivity contribution in [2.24, 2.45) is 0 Å². The fraction of sp³-hybridized carbons (Fsp3) is 0.538. The van der Waals surface area contributed by atoms with Crippen molar-refractivity contribution in [2.75, 3.05) is 24.7 Å². The lowest BCUT2D eigenvalue weighted by molar-refractivity contribution is -0.143. The van der Waals surface area contributed by atoms with Crippen LogP contribution in [0.2, 0.25) is 5.02 Å². The van der Waals surface area contributed by atoms with E-state index in [1.54, 1.807) is 12.1 Å². The minimum Gasteiger partial charge on any atom is -0.354 e. The molecule has 1 aromatic rings. The summed E-state index contributed by atoms with van der Waals surface area (Å²) >= 11 is 5.83. The fourth-order valence-electron chi connectivity index (χ4n) is 2.43. The van der Waals surface area contributed by atoms with Gasteiger partial charge in [-0.3, -0.25) is 4.90 Å². The van der Waals surface area contributed by atoms with E-state index in [1.165, 1.54) is 4.90 Å². The smallest absolute Gasteiger partial charge is 0.354 e. The number of nitrogens with zero attached hydrogens (tertiary/aromatic N) is 2. The molecule has 106 valence electrons. The predicted octanol–water partition coefficient (Wildman–Crippen LogP) is 3.76. The molecular weight excluding hydrogens is 277 g/mol. The van der Waals surface area contributed by atoms with Crippen molar-refractivity contribution in [3.63, 3.8) is 0 Å². The van der Waals surface area contributed by atoms with Gasteiger partial charge in [-0.1, -0.05) is 18.5 Å². The summed E-state index contributed by atoms with van der Waals surface area (Å²) in [6, 6.07) is 7.33. The Hall–Kier alpha value is -0.940. The molecule has 0 N–H and O–H groups in total. The Morgan fingerprint density at radius 3 is 2.42 bits per heavy atom. The zero-order valence-corrected chi connectivity index (χ0v) is 11.4. The Morgan fingerprint density at radius 2 is 1.89 bits per heavy atom. The molecular formula is C13H16ClF3N2. The van der Waals surface area contributed by atoms with Gasteiger partial charge in [0.15, 0.2) is 0 Å². The van der Waals surface area contributed by atoms with Crippen molar-refractivity contribution in [3.05, 3.63) is 29.3 Å². The van der Waals surface area contributed by atoms with Crippen molar-refractivity contribution in [1.29, 1.82) is 0 Å². The van der Waals surface area contributed by atoms with Crippen LogP contribution in [0, 0.1) is 0 Å². The number of hydrogen-bond acceptors (Lipinski definition) is 2. The van der Waals surface area contributed by atoms with Gasteiger partial charge >= 0.3 is 6.18 Å². The highest BCUT2D eigenvalue weighted by Gasteiger charge is 2.37. The SMILES string of the molecule is CCC1CN(CC(F)(F)F)CN1c1ccc(Cl)cc1. The van der Waals surface area contributed by atoms with E-state index in [-0.39, 0.29) is 6.04 Å². The van der Waals surface area contributed by atoms with Gasteiger partial charge in [-0.25, -0.2) is 0 Å². The molecule has 1 aliphatic heterocycles. The second kappa shape index (κ2) is 5.59. The largest absolute Gasteiger partial charge is 0.401 e. The maximum atomic E-state index is 12.4. The number of anilines is 1. The third-order valence-corrected chi connectivity index (χ3v) is 3.55. The second-order valence-corrected chi connectivity index (χ2v) is 5.21. The first kappa shape index (κ1) is 14.5. The summed E-state index contributed by atoms with van der Waals surface area (Å²) in [5.41, 5.74) is 0.918. The normalized spacial score (nSPS) is 21.1. The van der Waals surface area contributed by atoms with Crippen LogP contribution in [0.3, 0.4) is 0 Å². The number of alkyl halides is 3. The maximum Gasteiger partial charge on any atom is 0.401 e. The van der Waals surface area contributed by atoms with Crippen LogP contribution in [0.25, 0.3) is 0 Å². The monoisotopic (exact) mass is 292 g/mol. The zero-order valence-electron chi connectivity index (χ0n) is 10.6. The molecule has 0 amide bonds. The van der Waals surface area contributed by atoms with E-state index in [4.69, 9.17) is 11.6 Å². The number of halogens is 4. The van der Waals surface area contributed by atoms with Gasteiger partial charge in [-0.15, -0.1) is 0 Å². The molecule has 1 fully saturated rings. The van der Waals surface area contributed by atoms with Gasteiger partial charge in [-0.2, -0.15) is 13.2 Å². The summed E-state index contributed by atoms with van der Waals surface area (Å²) < 4.78 is 37.3. The van der Waals surface area contributed by atoms with Gasteiger partial charge in [0.1, 0.15) is 0 Å². The Labute approximate surface area is 115 Å². The Kier molecular flexibility index (Phi) is 4.26. The van der Waals surface area contributed by atoms with Gasteiger partial charge < -0.3 is 4.90 Å². The van der Waals surface area contributed by atoms with Gasteiger partial charge in [0.25, 0.3) is 0 Å². The van der Waals surface area contributed by atoms with Crippen LogP contribution < -0.4 is 4.90 Å². The highest BCUT2D eigenvalue weighted by Crippen LogP contribution is 2.28. The Balaban J connectivity index is 2.10. The molecule has 1 heterocycles. The molecule has 2 nitrogen and oxygen atoms in total. The average molecular weight is 293 g/mol. The van der Waals surface area contributed by atoms with Crippen molar-refractivity contribution in [3.8, 4) is 0 Å². The van der Waals surface area contributed by atoms with Crippen molar-refractivity contribution >= 4 is 17.3 Å². The first-order valence-corrected chi connectivity index (χ1v) is 6.58. The molecule has 0 spiro atoms. The lowest BCUT2D eigenvalue weighted by Crippen LogP contribution is -2.34. The van der Waals surface area contributed by atoms with Crippen LogP contribution in [-0.4, -0.2) is 36.9 Å². The Bertz CT molecular complexity index is 419. The maximum absolute atomic E-state index is 12.4. The summed E-state index contributed by atoms with van der Waals surface area (Å²) in [5.74, 6) is 0. The first-order valence-electron chi connectivity index (χ1n) is 6.20. The van der Waals surface area contributed by atoms with Crippen LogP contribution in [0.15, 0.2) is 24.3 Å². The number of rotatable bonds is 3. The molecule has 0 aliphatic carbocycles. The van der Waals surface area contributed by atoms with Crippen molar-refractivity contribution < 1.29 is 13.2 Å². The third kappa shape index (κ3) is 3.76. The highest BCUT2D eigenvalue weighted by molar-refractivity contribution is 6.30. The standard InChI is InChI=1S/C13H16ClF3N2/c1-2-11-7-18(8-13(15,16)17)9-19(11)12-5-3-10(14)4-6-12/h3-6,11H,2,7-9H2,1H3. The van der Waals surface area contributed by atoms with Gasteiger partial charge in [-0.05, 0) is 30.7 Å². The predicted molar refractivity (Wildman–Crippen MR) is 70.5 cm³/mol. The molecule has 19 heavy (non-hydrogen) atoms. The molecule has 0 saturated carbocycles. The Morgan fingerprint density at radius 1 is 1.26 bits per heavy atom. The van der Waals surface area contributed by atoms with Crippen molar-refractivity contribution in [1.82, 2.24) is 4.90 Å². The van der Waals surface area contributed by atoms with Crippen LogP contribution in [0.5, 0.6) is 0 Å². The quantitative estimate of drug-likeness (QED) is 0.837. The van der Waals surface area contributed by atoms with E-state index in [9.17, 15) is 13.2 Å². The van der Waals surface area contributed by atoms with Gasteiger partial charge in [0.2, 0.25) is 0 Å². The van der Waals surface area contributed by atoms with E-state index in [0.29, 0.717) is 18.2 Å². The molecule has 0 bridgehead atoms. The second-order valence-electron chi connectivity index (χ2n) is 4.78. The van der Waals surface area contributed by atoms with E-state index < -0.39 is 12.7 Å². The molecule has 0 radical (unpaired) electrons. The van der Waals surface area contributed by atoms with Gasteiger partial charge in [0.05, 0.1) is 13.2 Å². The van der Waals surface area contributed by atoms with E-state index >= 15 is 0 Å². The van der Waals surface area contributed by atoms with Crippen molar-refractivity contribution in [2.45, 2.75) is 25.6 Å². The molecule has 1 atom stereocenters. The lowest BCUT2D eigenvalue weighted by Gasteiger charge is -2.25. The van der Waals surface area contributed by atoms with E-state index in [1.807, 2.05) is 24.0 Å². The molecule has 1 aliphatic rings. The average Bonchev–Trinajstić information content (AvgIpc) is 2.70. The molecule has 1 saturated heterocycles. The summed E-state index contributed by atoms with van der Waals surface area (Å²) in [7, 11) is 0. The van der Waals surface area contributed by atoms with E-state index in [2.05, 4.69) is 0 Å². The minimum absolute atomic E-state index is 0.114. The molecule has 6 heteroatoms. The molecule has 0 aromatic heterocycles. The van der Waals surface area contributed by atoms with Crippen LogP contribution in [-0.2, 0) is 0 Å². The summed E-state index contributed by atoms with van der Waals surface area (Å²) in [6.07, 6.45) is -3.33. The van der Waals surface area contributed by atoms with Crippen LogP contribution in [0.1, 0.15) is 13.3 Å². The highest BCUT2D eigenvalue weighted by atomic mass is 35.5. The fourth-order valence-corrected chi connectivity index (χ4v) is 2.55. The third-order valence-electron chi connectivity index (χ3n) is 3.29. The minimum atomic E-state index is -4.14. The van der Waals surface area contributed by atoms with Gasteiger partial charge in [0, 0.05) is 23.3 Å². The topological polar surface area (TPSA) is 6.48 Å². The molecule has 1 unspecified atom stereocenters. The van der Waals surface area contributed by atoms with Crippen LogP contribution in [0.4, 0.5) is 18.9 Å². The zero-order chi connectivity index (χ0) is 14.0. The number of benzene rings is 1. The van der Waals surface area contributed by atoms with Crippen LogP contribution >= 0.6 is 11.6 Å². The summed E-state index contributed by atoms with van der Waals surface area (Å²) in [4.78, 5) is 3.44. The molecule has 1 aromatic carbocycles. The summed E-state index contributed by atoms with van der Waals surface area (Å²) in [6.45, 7) is 1.89. The lowest BCUT2D eigenvalue weighted by atomic mass is 10.2. The summed E-state index contributed by atoms with van der Waals surface area (Å²) in [5, 5.41) is 0.628. The molecule has 2 rings (SSSR count). The first-order chi connectivity index (χ1) is 8.89. The number of hydrogen-bond donors (Lipinski definition) is 0.